The Kier molecular flexibility index (Phi) is 5.23. The monoisotopic (exact) mass is 274 g/mol. The number of hydrogen-bond acceptors (Lipinski definition) is 2. The molecule has 5 heteroatoms. The lowest BCUT2D eigenvalue weighted by Crippen LogP contribution is -2.31. The van der Waals surface area contributed by atoms with E-state index >= 15 is 0 Å². The SMILES string of the molecule is CC.CC[C@@H]1C[C@H](N)c2cc(C(F)(F)F)ccc2N1. The van der Waals surface area contributed by atoms with Crippen LogP contribution in [0.4, 0.5) is 18.9 Å². The molecule has 0 saturated carbocycles. The molecule has 2 atom stereocenters. The van der Waals surface area contributed by atoms with Gasteiger partial charge in [0.25, 0.3) is 0 Å². The van der Waals surface area contributed by atoms with Crippen LogP contribution in [-0.2, 0) is 6.18 Å². The van der Waals surface area contributed by atoms with E-state index in [2.05, 4.69) is 5.32 Å². The average Bonchev–Trinajstić information content (AvgIpc) is 2.39. The zero-order valence-electron chi connectivity index (χ0n) is 11.5. The molecule has 0 aliphatic carbocycles. The highest BCUT2D eigenvalue weighted by Crippen LogP contribution is 2.37. The second-order valence-corrected chi connectivity index (χ2v) is 4.39. The Labute approximate surface area is 112 Å². The van der Waals surface area contributed by atoms with Gasteiger partial charge in [0.05, 0.1) is 5.56 Å². The van der Waals surface area contributed by atoms with Crippen molar-refractivity contribution in [2.24, 2.45) is 5.73 Å². The van der Waals surface area contributed by atoms with Crippen molar-refractivity contribution in [2.75, 3.05) is 5.32 Å². The van der Waals surface area contributed by atoms with Crippen LogP contribution in [0.2, 0.25) is 0 Å². The molecule has 19 heavy (non-hydrogen) atoms. The number of nitrogens with one attached hydrogen (secondary N) is 1. The number of benzene rings is 1. The fraction of sp³-hybridized carbons (Fsp3) is 0.571. The van der Waals surface area contributed by atoms with Crippen molar-refractivity contribution < 1.29 is 13.2 Å². The third kappa shape index (κ3) is 3.62. The van der Waals surface area contributed by atoms with Gasteiger partial charge >= 0.3 is 6.18 Å². The quantitative estimate of drug-likeness (QED) is 0.800. The normalized spacial score (nSPS) is 21.8. The van der Waals surface area contributed by atoms with Crippen LogP contribution in [0.15, 0.2) is 18.2 Å². The Hall–Kier alpha value is -1.23. The summed E-state index contributed by atoms with van der Waals surface area (Å²) >= 11 is 0. The second kappa shape index (κ2) is 6.28. The van der Waals surface area contributed by atoms with Gasteiger partial charge in [0.1, 0.15) is 0 Å². The standard InChI is InChI=1S/C12H15F3N2.C2H6/c1-2-8-6-10(16)9-5-7(12(13,14)15)3-4-11(9)17-8;1-2/h3-5,8,10,17H,2,6,16H2,1H3;1-2H3/t8-,10+;/m1./s1. The van der Waals surface area contributed by atoms with E-state index in [4.69, 9.17) is 5.73 Å². The summed E-state index contributed by atoms with van der Waals surface area (Å²) in [6.45, 7) is 6.03. The van der Waals surface area contributed by atoms with Crippen LogP contribution in [-0.4, -0.2) is 6.04 Å². The summed E-state index contributed by atoms with van der Waals surface area (Å²) in [4.78, 5) is 0. The maximum absolute atomic E-state index is 12.6. The molecular weight excluding hydrogens is 253 g/mol. The number of hydrogen-bond donors (Lipinski definition) is 2. The summed E-state index contributed by atoms with van der Waals surface area (Å²) in [5.74, 6) is 0. The van der Waals surface area contributed by atoms with Crippen LogP contribution in [0.1, 0.15) is 50.8 Å². The molecule has 1 heterocycles. The first-order valence-corrected chi connectivity index (χ1v) is 6.65. The van der Waals surface area contributed by atoms with Gasteiger partial charge < -0.3 is 11.1 Å². The lowest BCUT2D eigenvalue weighted by Gasteiger charge is -2.31. The molecule has 2 rings (SSSR count). The Balaban J connectivity index is 0.000000861. The number of alkyl halides is 3. The molecule has 0 fully saturated rings. The van der Waals surface area contributed by atoms with Gasteiger partial charge in [-0.3, -0.25) is 0 Å². The van der Waals surface area contributed by atoms with E-state index in [1.165, 1.54) is 6.07 Å². The zero-order chi connectivity index (χ0) is 14.6. The molecule has 0 saturated heterocycles. The van der Waals surface area contributed by atoms with E-state index in [0.717, 1.165) is 24.2 Å². The molecule has 2 nitrogen and oxygen atoms in total. The van der Waals surface area contributed by atoms with Gasteiger partial charge in [-0.25, -0.2) is 0 Å². The van der Waals surface area contributed by atoms with Crippen LogP contribution >= 0.6 is 0 Å². The minimum atomic E-state index is -4.31. The molecule has 1 aromatic rings. The van der Waals surface area contributed by atoms with Gasteiger partial charge in [0.2, 0.25) is 0 Å². The maximum Gasteiger partial charge on any atom is 0.416 e. The number of halogens is 3. The molecule has 1 aliphatic heterocycles. The van der Waals surface area contributed by atoms with E-state index < -0.39 is 11.7 Å². The van der Waals surface area contributed by atoms with E-state index in [1.54, 1.807) is 0 Å². The molecular formula is C14H21F3N2. The average molecular weight is 274 g/mol. The molecule has 0 radical (unpaired) electrons. The van der Waals surface area contributed by atoms with E-state index in [9.17, 15) is 13.2 Å². The number of nitrogens with two attached hydrogens (primary N) is 1. The van der Waals surface area contributed by atoms with Crippen LogP contribution in [0.3, 0.4) is 0 Å². The molecule has 0 spiro atoms. The summed E-state index contributed by atoms with van der Waals surface area (Å²) < 4.78 is 37.7. The van der Waals surface area contributed by atoms with Crippen molar-refractivity contribution in [2.45, 2.75) is 51.9 Å². The van der Waals surface area contributed by atoms with Crippen molar-refractivity contribution in [3.8, 4) is 0 Å². The molecule has 0 aromatic heterocycles. The van der Waals surface area contributed by atoms with Crippen molar-refractivity contribution in [3.05, 3.63) is 29.3 Å². The first kappa shape index (κ1) is 15.8. The summed E-state index contributed by atoms with van der Waals surface area (Å²) in [6, 6.07) is 3.64. The minimum absolute atomic E-state index is 0.245. The Morgan fingerprint density at radius 2 is 1.95 bits per heavy atom. The molecule has 1 aliphatic rings. The van der Waals surface area contributed by atoms with Crippen LogP contribution in [0.5, 0.6) is 0 Å². The van der Waals surface area contributed by atoms with Crippen molar-refractivity contribution in [1.29, 1.82) is 0 Å². The minimum Gasteiger partial charge on any atom is -0.382 e. The molecule has 0 bridgehead atoms. The fourth-order valence-corrected chi connectivity index (χ4v) is 2.16. The van der Waals surface area contributed by atoms with Crippen molar-refractivity contribution in [3.63, 3.8) is 0 Å². The van der Waals surface area contributed by atoms with E-state index in [-0.39, 0.29) is 12.1 Å². The van der Waals surface area contributed by atoms with Crippen molar-refractivity contribution in [1.82, 2.24) is 0 Å². The first-order valence-electron chi connectivity index (χ1n) is 6.65. The summed E-state index contributed by atoms with van der Waals surface area (Å²) in [6.07, 6.45) is -2.73. The van der Waals surface area contributed by atoms with Gasteiger partial charge in [0.15, 0.2) is 0 Å². The van der Waals surface area contributed by atoms with Crippen LogP contribution in [0, 0.1) is 0 Å². The van der Waals surface area contributed by atoms with Gasteiger partial charge in [-0.15, -0.1) is 0 Å². The predicted octanol–water partition coefficient (Wildman–Crippen LogP) is 4.33. The molecule has 0 amide bonds. The van der Waals surface area contributed by atoms with Gasteiger partial charge in [0, 0.05) is 17.8 Å². The van der Waals surface area contributed by atoms with Crippen LogP contribution in [0.25, 0.3) is 0 Å². The lowest BCUT2D eigenvalue weighted by atomic mass is 9.91. The third-order valence-corrected chi connectivity index (χ3v) is 3.17. The maximum atomic E-state index is 12.6. The lowest BCUT2D eigenvalue weighted by molar-refractivity contribution is -0.137. The third-order valence-electron chi connectivity index (χ3n) is 3.17. The first-order chi connectivity index (χ1) is 8.91. The molecule has 3 N–H and O–H groups in total. The van der Waals surface area contributed by atoms with Gasteiger partial charge in [-0.05, 0) is 36.6 Å². The molecule has 0 unspecified atom stereocenters. The fourth-order valence-electron chi connectivity index (χ4n) is 2.16. The Morgan fingerprint density at radius 1 is 1.32 bits per heavy atom. The van der Waals surface area contributed by atoms with Gasteiger partial charge in [-0.1, -0.05) is 20.8 Å². The highest BCUT2D eigenvalue weighted by atomic mass is 19.4. The molecule has 108 valence electrons. The predicted molar refractivity (Wildman–Crippen MR) is 72.0 cm³/mol. The highest BCUT2D eigenvalue weighted by Gasteiger charge is 2.32. The summed E-state index contributed by atoms with van der Waals surface area (Å²) in [7, 11) is 0. The zero-order valence-corrected chi connectivity index (χ0v) is 11.5. The van der Waals surface area contributed by atoms with Gasteiger partial charge in [-0.2, -0.15) is 13.2 Å². The smallest absolute Gasteiger partial charge is 0.382 e. The van der Waals surface area contributed by atoms with Crippen LogP contribution < -0.4 is 11.1 Å². The van der Waals surface area contributed by atoms with E-state index in [0.29, 0.717) is 12.0 Å². The number of anilines is 1. The largest absolute Gasteiger partial charge is 0.416 e. The second-order valence-electron chi connectivity index (χ2n) is 4.39. The number of fused-ring (bicyclic) bond motifs is 1. The number of rotatable bonds is 1. The van der Waals surface area contributed by atoms with Crippen molar-refractivity contribution >= 4 is 5.69 Å². The topological polar surface area (TPSA) is 38.0 Å². The highest BCUT2D eigenvalue weighted by molar-refractivity contribution is 5.57. The Morgan fingerprint density at radius 3 is 2.47 bits per heavy atom. The summed E-state index contributed by atoms with van der Waals surface area (Å²) in [5.41, 5.74) is 6.57. The Bertz CT molecular complexity index is 416. The molecule has 1 aromatic carbocycles. The summed E-state index contributed by atoms with van der Waals surface area (Å²) in [5, 5.41) is 3.21. The van der Waals surface area contributed by atoms with E-state index in [1.807, 2.05) is 20.8 Å².